The lowest BCUT2D eigenvalue weighted by Crippen LogP contribution is -2.31. The summed E-state index contributed by atoms with van der Waals surface area (Å²) >= 11 is 3.47. The standard InChI is InChI=1S/C16H17BrFNO2/c17-16-4-2-1-3-12(16)9-19-10-14(20)11-21-15-7-5-13(18)6-8-15/h1-8,14,19-20H,9-11H2. The maximum atomic E-state index is 12.7. The normalized spacial score (nSPS) is 12.1. The summed E-state index contributed by atoms with van der Waals surface area (Å²) in [5, 5.41) is 13.0. The van der Waals surface area contributed by atoms with Crippen molar-refractivity contribution in [2.45, 2.75) is 12.6 Å². The van der Waals surface area contributed by atoms with E-state index in [9.17, 15) is 9.50 Å². The van der Waals surface area contributed by atoms with E-state index in [0.29, 0.717) is 18.8 Å². The molecule has 112 valence electrons. The predicted octanol–water partition coefficient (Wildman–Crippen LogP) is 3.12. The molecule has 21 heavy (non-hydrogen) atoms. The van der Waals surface area contributed by atoms with Gasteiger partial charge in [0.25, 0.3) is 0 Å². The van der Waals surface area contributed by atoms with Crippen molar-refractivity contribution in [3.8, 4) is 5.75 Å². The van der Waals surface area contributed by atoms with Crippen LogP contribution in [-0.4, -0.2) is 24.4 Å². The van der Waals surface area contributed by atoms with Crippen molar-refractivity contribution < 1.29 is 14.2 Å². The molecule has 2 aromatic rings. The molecule has 2 rings (SSSR count). The molecule has 0 saturated heterocycles. The van der Waals surface area contributed by atoms with Crippen molar-refractivity contribution in [2.24, 2.45) is 0 Å². The van der Waals surface area contributed by atoms with Crippen molar-refractivity contribution in [1.82, 2.24) is 5.32 Å². The van der Waals surface area contributed by atoms with E-state index in [1.807, 2.05) is 24.3 Å². The molecule has 0 aliphatic carbocycles. The quantitative estimate of drug-likeness (QED) is 0.803. The lowest BCUT2D eigenvalue weighted by atomic mass is 10.2. The predicted molar refractivity (Wildman–Crippen MR) is 83.8 cm³/mol. The lowest BCUT2D eigenvalue weighted by molar-refractivity contribution is 0.106. The van der Waals surface area contributed by atoms with Crippen LogP contribution in [-0.2, 0) is 6.54 Å². The van der Waals surface area contributed by atoms with Gasteiger partial charge in [0.05, 0.1) is 0 Å². The highest BCUT2D eigenvalue weighted by Crippen LogP contribution is 2.15. The second-order valence-corrected chi connectivity index (χ2v) is 5.50. The molecule has 0 amide bonds. The SMILES string of the molecule is OC(CNCc1ccccc1Br)COc1ccc(F)cc1. The van der Waals surface area contributed by atoms with E-state index in [1.165, 1.54) is 24.3 Å². The van der Waals surface area contributed by atoms with E-state index in [0.717, 1.165) is 10.0 Å². The molecule has 0 aliphatic rings. The van der Waals surface area contributed by atoms with Crippen molar-refractivity contribution >= 4 is 15.9 Å². The summed E-state index contributed by atoms with van der Waals surface area (Å²) in [5.41, 5.74) is 1.13. The molecule has 0 radical (unpaired) electrons. The van der Waals surface area contributed by atoms with Crippen LogP contribution in [0, 0.1) is 5.82 Å². The van der Waals surface area contributed by atoms with Crippen LogP contribution < -0.4 is 10.1 Å². The van der Waals surface area contributed by atoms with Gasteiger partial charge in [-0.25, -0.2) is 4.39 Å². The summed E-state index contributed by atoms with van der Waals surface area (Å²) in [5.74, 6) is 0.235. The minimum absolute atomic E-state index is 0.161. The average molecular weight is 354 g/mol. The fourth-order valence-corrected chi connectivity index (χ4v) is 2.22. The molecule has 0 bridgehead atoms. The first kappa shape index (κ1) is 15.9. The third kappa shape index (κ3) is 5.46. The number of nitrogens with one attached hydrogen (secondary N) is 1. The number of benzene rings is 2. The molecule has 5 heteroatoms. The first-order valence-electron chi connectivity index (χ1n) is 6.65. The van der Waals surface area contributed by atoms with Gasteiger partial charge < -0.3 is 15.2 Å². The number of rotatable bonds is 7. The average Bonchev–Trinajstić information content (AvgIpc) is 2.49. The fourth-order valence-electron chi connectivity index (χ4n) is 1.80. The number of aliphatic hydroxyl groups is 1. The van der Waals surface area contributed by atoms with Crippen molar-refractivity contribution in [3.05, 3.63) is 64.4 Å². The van der Waals surface area contributed by atoms with E-state index in [4.69, 9.17) is 4.74 Å². The van der Waals surface area contributed by atoms with Crippen molar-refractivity contribution in [2.75, 3.05) is 13.2 Å². The maximum absolute atomic E-state index is 12.7. The van der Waals surface area contributed by atoms with Crippen LogP contribution in [0.15, 0.2) is 53.0 Å². The molecule has 0 aromatic heterocycles. The number of halogens is 2. The molecule has 0 aliphatic heterocycles. The summed E-state index contributed by atoms with van der Waals surface area (Å²) in [6.45, 7) is 1.24. The Morgan fingerprint density at radius 2 is 1.86 bits per heavy atom. The molecule has 1 unspecified atom stereocenters. The first-order chi connectivity index (χ1) is 10.1. The Labute approximate surface area is 131 Å². The molecule has 2 aromatic carbocycles. The molecular weight excluding hydrogens is 337 g/mol. The van der Waals surface area contributed by atoms with Crippen LogP contribution in [0.4, 0.5) is 4.39 Å². The van der Waals surface area contributed by atoms with Gasteiger partial charge in [0.15, 0.2) is 0 Å². The van der Waals surface area contributed by atoms with Gasteiger partial charge in [-0.15, -0.1) is 0 Å². The lowest BCUT2D eigenvalue weighted by Gasteiger charge is -2.13. The third-order valence-electron chi connectivity index (χ3n) is 2.91. The molecule has 0 saturated carbocycles. The summed E-state index contributed by atoms with van der Waals surface area (Å²) in [6, 6.07) is 13.6. The zero-order chi connectivity index (χ0) is 15.1. The number of hydrogen-bond acceptors (Lipinski definition) is 3. The summed E-state index contributed by atoms with van der Waals surface area (Å²) in [4.78, 5) is 0. The Kier molecular flexibility index (Phi) is 6.17. The molecule has 2 N–H and O–H groups in total. The van der Waals surface area contributed by atoms with Gasteiger partial charge in [-0.1, -0.05) is 34.1 Å². The Morgan fingerprint density at radius 3 is 2.57 bits per heavy atom. The van der Waals surface area contributed by atoms with E-state index in [1.54, 1.807) is 0 Å². The molecule has 0 fully saturated rings. The van der Waals surface area contributed by atoms with Crippen molar-refractivity contribution in [3.63, 3.8) is 0 Å². The zero-order valence-electron chi connectivity index (χ0n) is 11.4. The maximum Gasteiger partial charge on any atom is 0.123 e. The van der Waals surface area contributed by atoms with E-state index < -0.39 is 6.10 Å². The Bertz CT molecular complexity index is 562. The summed E-state index contributed by atoms with van der Waals surface area (Å²) in [6.07, 6.45) is -0.627. The van der Waals surface area contributed by atoms with Crippen LogP contribution in [0.25, 0.3) is 0 Å². The fraction of sp³-hybridized carbons (Fsp3) is 0.250. The van der Waals surface area contributed by atoms with Crippen LogP contribution >= 0.6 is 15.9 Å². The molecular formula is C16H17BrFNO2. The second-order valence-electron chi connectivity index (χ2n) is 4.64. The van der Waals surface area contributed by atoms with Gasteiger partial charge in [0.1, 0.15) is 24.3 Å². The number of aliphatic hydroxyl groups excluding tert-OH is 1. The van der Waals surface area contributed by atoms with Gasteiger partial charge in [-0.2, -0.15) is 0 Å². The smallest absolute Gasteiger partial charge is 0.123 e. The molecule has 0 heterocycles. The van der Waals surface area contributed by atoms with Gasteiger partial charge in [-0.05, 0) is 35.9 Å². The largest absolute Gasteiger partial charge is 0.491 e. The summed E-state index contributed by atoms with van der Waals surface area (Å²) in [7, 11) is 0. The minimum Gasteiger partial charge on any atom is -0.491 e. The van der Waals surface area contributed by atoms with Gasteiger partial charge in [-0.3, -0.25) is 0 Å². The Morgan fingerprint density at radius 1 is 1.14 bits per heavy atom. The van der Waals surface area contributed by atoms with Crippen LogP contribution in [0.5, 0.6) is 5.75 Å². The van der Waals surface area contributed by atoms with Crippen molar-refractivity contribution in [1.29, 1.82) is 0 Å². The Balaban J connectivity index is 1.69. The highest BCUT2D eigenvalue weighted by Gasteiger charge is 2.06. The Hall–Kier alpha value is -1.43. The van der Waals surface area contributed by atoms with Gasteiger partial charge >= 0.3 is 0 Å². The number of hydrogen-bond donors (Lipinski definition) is 2. The van der Waals surface area contributed by atoms with Crippen LogP contribution in [0.1, 0.15) is 5.56 Å². The highest BCUT2D eigenvalue weighted by atomic mass is 79.9. The number of ether oxygens (including phenoxy) is 1. The topological polar surface area (TPSA) is 41.5 Å². The first-order valence-corrected chi connectivity index (χ1v) is 7.45. The minimum atomic E-state index is -0.627. The van der Waals surface area contributed by atoms with E-state index in [2.05, 4.69) is 21.2 Å². The molecule has 3 nitrogen and oxygen atoms in total. The van der Waals surface area contributed by atoms with Crippen LogP contribution in [0.3, 0.4) is 0 Å². The van der Waals surface area contributed by atoms with Gasteiger partial charge in [0, 0.05) is 17.6 Å². The van der Waals surface area contributed by atoms with E-state index in [-0.39, 0.29) is 12.4 Å². The molecule has 1 atom stereocenters. The second kappa shape index (κ2) is 8.12. The third-order valence-corrected chi connectivity index (χ3v) is 3.68. The van der Waals surface area contributed by atoms with Gasteiger partial charge in [0.2, 0.25) is 0 Å². The van der Waals surface area contributed by atoms with E-state index >= 15 is 0 Å². The van der Waals surface area contributed by atoms with Crippen LogP contribution in [0.2, 0.25) is 0 Å². The summed E-state index contributed by atoms with van der Waals surface area (Å²) < 4.78 is 19.1. The molecule has 0 spiro atoms. The zero-order valence-corrected chi connectivity index (χ0v) is 13.0. The monoisotopic (exact) mass is 353 g/mol. The highest BCUT2D eigenvalue weighted by molar-refractivity contribution is 9.10.